The van der Waals surface area contributed by atoms with Crippen molar-refractivity contribution in [1.82, 2.24) is 5.32 Å². The number of nitrogens with one attached hydrogen (secondary N) is 2. The Kier molecular flexibility index (Phi) is 12.1. The van der Waals surface area contributed by atoms with Crippen LogP contribution in [0.3, 0.4) is 0 Å². The highest BCUT2D eigenvalue weighted by atomic mass is 35.5. The minimum absolute atomic E-state index is 0.0378. The monoisotopic (exact) mass is 748 g/mol. The average molecular weight is 749 g/mol. The molecule has 0 saturated carbocycles. The summed E-state index contributed by atoms with van der Waals surface area (Å²) >= 11 is 6.03. The summed E-state index contributed by atoms with van der Waals surface area (Å²) in [5.74, 6) is -5.36. The molecule has 0 spiro atoms. The number of halogens is 6. The van der Waals surface area contributed by atoms with Gasteiger partial charge < -0.3 is 10.6 Å². The normalized spacial score (nSPS) is 12.9. The van der Waals surface area contributed by atoms with Gasteiger partial charge in [0.05, 0.1) is 17.2 Å². The Morgan fingerprint density at radius 2 is 1.51 bits per heavy atom. The predicted molar refractivity (Wildman–Crippen MR) is 187 cm³/mol. The fourth-order valence-corrected chi connectivity index (χ4v) is 5.60. The van der Waals surface area contributed by atoms with Crippen LogP contribution in [0, 0.1) is 17.0 Å². The van der Waals surface area contributed by atoms with Gasteiger partial charge in [-0.1, -0.05) is 87.0 Å². The molecule has 3 N–H and O–H groups in total. The maximum Gasteiger partial charge on any atom is 0.416 e. The summed E-state index contributed by atoms with van der Waals surface area (Å²) in [4.78, 5) is 26.2. The van der Waals surface area contributed by atoms with Gasteiger partial charge in [-0.05, 0) is 70.5 Å². The molecular weight excluding hydrogens is 715 g/mol. The zero-order valence-corrected chi connectivity index (χ0v) is 29.2. The van der Waals surface area contributed by atoms with E-state index in [-0.39, 0.29) is 40.1 Å². The molecule has 0 aromatic heterocycles. The SMILES string of the molecule is CC(C)(C)/C=C/c1ccc(C(Cc2ccc(C(=O)NCCS(=O)(=O)O)cc2)C(=O)Nc2c(F)cc(-c3ccc(C(F)(F)F)cc3Cl)cc2F)cc1. The highest BCUT2D eigenvalue weighted by Gasteiger charge is 2.31. The number of rotatable bonds is 11. The molecule has 4 rings (SSSR count). The van der Waals surface area contributed by atoms with Gasteiger partial charge in [0.1, 0.15) is 17.3 Å². The lowest BCUT2D eigenvalue weighted by molar-refractivity contribution is -0.137. The number of anilines is 1. The molecule has 4 aromatic carbocycles. The van der Waals surface area contributed by atoms with Gasteiger partial charge in [0.2, 0.25) is 5.91 Å². The maximum atomic E-state index is 15.4. The second-order valence-corrected chi connectivity index (χ2v) is 14.8. The molecule has 0 heterocycles. The molecule has 0 radical (unpaired) electrons. The molecule has 0 bridgehead atoms. The van der Waals surface area contributed by atoms with Crippen LogP contribution in [0.25, 0.3) is 17.2 Å². The van der Waals surface area contributed by atoms with Crippen molar-refractivity contribution in [2.75, 3.05) is 17.6 Å². The van der Waals surface area contributed by atoms with E-state index in [9.17, 15) is 31.2 Å². The summed E-state index contributed by atoms with van der Waals surface area (Å²) in [6, 6.07) is 17.2. The molecule has 0 fully saturated rings. The Morgan fingerprint density at radius 1 is 0.902 bits per heavy atom. The van der Waals surface area contributed by atoms with Crippen LogP contribution in [0.2, 0.25) is 5.02 Å². The smallest absolute Gasteiger partial charge is 0.351 e. The Hall–Kier alpha value is -4.59. The average Bonchev–Trinajstić information content (AvgIpc) is 3.03. The number of alkyl halides is 3. The van der Waals surface area contributed by atoms with Gasteiger partial charge in [0.25, 0.3) is 16.0 Å². The van der Waals surface area contributed by atoms with E-state index in [1.54, 1.807) is 36.4 Å². The lowest BCUT2D eigenvalue weighted by atomic mass is 9.89. The number of amides is 2. The number of carbonyl (C=O) groups is 2. The minimum Gasteiger partial charge on any atom is -0.351 e. The second-order valence-electron chi connectivity index (χ2n) is 12.9. The van der Waals surface area contributed by atoms with Crippen LogP contribution in [-0.4, -0.2) is 37.1 Å². The number of carbonyl (C=O) groups excluding carboxylic acids is 2. The van der Waals surface area contributed by atoms with E-state index in [0.717, 1.165) is 29.8 Å². The van der Waals surface area contributed by atoms with Crippen molar-refractivity contribution in [3.05, 3.63) is 129 Å². The first-order chi connectivity index (χ1) is 23.7. The summed E-state index contributed by atoms with van der Waals surface area (Å²) in [7, 11) is -4.26. The number of hydrogen-bond acceptors (Lipinski definition) is 4. The topological polar surface area (TPSA) is 113 Å². The van der Waals surface area contributed by atoms with E-state index in [1.165, 1.54) is 12.1 Å². The van der Waals surface area contributed by atoms with E-state index >= 15 is 8.78 Å². The van der Waals surface area contributed by atoms with Crippen molar-refractivity contribution in [2.45, 2.75) is 39.3 Å². The Bertz CT molecular complexity index is 2020. The molecule has 0 saturated heterocycles. The van der Waals surface area contributed by atoms with E-state index in [4.69, 9.17) is 16.2 Å². The largest absolute Gasteiger partial charge is 0.416 e. The van der Waals surface area contributed by atoms with Crippen molar-refractivity contribution in [3.8, 4) is 11.1 Å². The second kappa shape index (κ2) is 15.7. The van der Waals surface area contributed by atoms with Gasteiger partial charge in [-0.3, -0.25) is 14.1 Å². The van der Waals surface area contributed by atoms with Gasteiger partial charge in [0, 0.05) is 22.7 Å². The molecule has 14 heteroatoms. The predicted octanol–water partition coefficient (Wildman–Crippen LogP) is 8.95. The molecule has 0 aliphatic carbocycles. The molecule has 2 amide bonds. The minimum atomic E-state index is -4.67. The first-order valence-corrected chi connectivity index (χ1v) is 17.5. The molecule has 51 heavy (non-hydrogen) atoms. The van der Waals surface area contributed by atoms with E-state index in [2.05, 4.69) is 10.6 Å². The van der Waals surface area contributed by atoms with Crippen LogP contribution in [0.15, 0.2) is 84.9 Å². The van der Waals surface area contributed by atoms with E-state index in [0.29, 0.717) is 17.2 Å². The van der Waals surface area contributed by atoms with Crippen LogP contribution < -0.4 is 10.6 Å². The van der Waals surface area contributed by atoms with Gasteiger partial charge in [-0.2, -0.15) is 21.6 Å². The van der Waals surface area contributed by atoms with Crippen molar-refractivity contribution < 1.29 is 44.5 Å². The Balaban J connectivity index is 1.61. The van der Waals surface area contributed by atoms with Crippen LogP contribution >= 0.6 is 11.6 Å². The quantitative estimate of drug-likeness (QED) is 0.105. The van der Waals surface area contributed by atoms with Gasteiger partial charge in [-0.25, -0.2) is 8.78 Å². The van der Waals surface area contributed by atoms with Crippen molar-refractivity contribution in [3.63, 3.8) is 0 Å². The van der Waals surface area contributed by atoms with Crippen molar-refractivity contribution in [1.29, 1.82) is 0 Å². The standard InChI is InChI=1S/C37H34ClF5N2O5S/c1-36(2,3)15-14-22-4-8-24(9-5-22)29(18-23-6-10-25(11-7-23)34(46)44-16-17-51(48,49)50)35(47)45-33-31(39)19-26(20-32(33)40)28-13-12-27(21-30(28)38)37(41,42)43/h4-15,19-21,29H,16-18H2,1-3H3,(H,44,46)(H,45,47)(H,48,49,50)/b15-14+. The zero-order chi connectivity index (χ0) is 37.7. The molecular formula is C37H34ClF5N2O5S. The third-order valence-corrected chi connectivity index (χ3v) is 8.66. The summed E-state index contributed by atoms with van der Waals surface area (Å²) < 4.78 is 101. The highest BCUT2D eigenvalue weighted by Crippen LogP contribution is 2.37. The third kappa shape index (κ3) is 11.2. The van der Waals surface area contributed by atoms with E-state index < -0.39 is 62.7 Å². The number of hydrogen-bond donors (Lipinski definition) is 3. The number of benzene rings is 4. The fourth-order valence-electron chi connectivity index (χ4n) is 4.95. The molecule has 0 aliphatic rings. The first-order valence-electron chi connectivity index (χ1n) is 15.5. The van der Waals surface area contributed by atoms with Crippen LogP contribution in [0.4, 0.5) is 27.6 Å². The first kappa shape index (κ1) is 39.2. The fraction of sp³-hybridized carbons (Fsp3) is 0.243. The van der Waals surface area contributed by atoms with Crippen molar-refractivity contribution >= 4 is 45.3 Å². The van der Waals surface area contributed by atoms with Crippen LogP contribution in [0.1, 0.15) is 59.3 Å². The molecule has 7 nitrogen and oxygen atoms in total. The molecule has 4 aromatic rings. The highest BCUT2D eigenvalue weighted by molar-refractivity contribution is 7.85. The Morgan fingerprint density at radius 3 is 2.04 bits per heavy atom. The lowest BCUT2D eigenvalue weighted by Crippen LogP contribution is -2.28. The lowest BCUT2D eigenvalue weighted by Gasteiger charge is -2.19. The van der Waals surface area contributed by atoms with Crippen LogP contribution in [0.5, 0.6) is 0 Å². The van der Waals surface area contributed by atoms with Crippen molar-refractivity contribution in [2.24, 2.45) is 5.41 Å². The molecule has 0 aliphatic heterocycles. The summed E-state index contributed by atoms with van der Waals surface area (Å²) in [5, 5.41) is 4.33. The summed E-state index contributed by atoms with van der Waals surface area (Å²) in [6.07, 6.45) is -0.693. The summed E-state index contributed by atoms with van der Waals surface area (Å²) in [6.45, 7) is 5.80. The third-order valence-electron chi connectivity index (χ3n) is 7.63. The zero-order valence-electron chi connectivity index (χ0n) is 27.6. The summed E-state index contributed by atoms with van der Waals surface area (Å²) in [5.41, 5.74) is 0.0682. The number of allylic oxidation sites excluding steroid dienone is 1. The molecule has 270 valence electrons. The van der Waals surface area contributed by atoms with E-state index in [1.807, 2.05) is 32.9 Å². The Labute approximate surface area is 297 Å². The molecule has 1 atom stereocenters. The molecule has 1 unspecified atom stereocenters. The van der Waals surface area contributed by atoms with Crippen LogP contribution in [-0.2, 0) is 27.5 Å². The van der Waals surface area contributed by atoms with Gasteiger partial charge in [-0.15, -0.1) is 0 Å². The van der Waals surface area contributed by atoms with Gasteiger partial charge in [0.15, 0.2) is 0 Å². The maximum absolute atomic E-state index is 15.4. The van der Waals surface area contributed by atoms with Gasteiger partial charge >= 0.3 is 6.18 Å².